The van der Waals surface area contributed by atoms with Gasteiger partial charge in [0, 0.05) is 61.9 Å². The molecule has 3 aromatic rings. The molecule has 178 valence electrons. The van der Waals surface area contributed by atoms with Gasteiger partial charge in [-0.2, -0.15) is 11.8 Å². The standard InChI is InChI=1S/C26H32N6OS/c1-20(33)28-22-9-7-21(8-10-22)25-11-12-27-26(30-25)29-23-5-3-6-24(19-23)32-16-14-31(15-17-32)13-4-18-34-2/h3,5-12,19H,4,13-18H2,1-2H3,(H,28,33)(H,27,29,30). The molecule has 1 aliphatic rings. The SMILES string of the molecule is CSCCCN1CCN(c2cccc(Nc3nccc(-c4ccc(NC(C)=O)cc4)n3)c2)CC1. The quantitative estimate of drug-likeness (QED) is 0.433. The average Bonchev–Trinajstić information content (AvgIpc) is 2.85. The minimum absolute atomic E-state index is 0.0865. The van der Waals surface area contributed by atoms with Gasteiger partial charge in [-0.05, 0) is 61.4 Å². The van der Waals surface area contributed by atoms with Gasteiger partial charge in [0.15, 0.2) is 0 Å². The van der Waals surface area contributed by atoms with Gasteiger partial charge in [0.05, 0.1) is 5.69 Å². The number of hydrogen-bond acceptors (Lipinski definition) is 7. The van der Waals surface area contributed by atoms with Crippen LogP contribution in [0.4, 0.5) is 23.0 Å². The van der Waals surface area contributed by atoms with E-state index in [1.807, 2.05) is 48.2 Å². The van der Waals surface area contributed by atoms with E-state index in [4.69, 9.17) is 0 Å². The molecule has 0 unspecified atom stereocenters. The van der Waals surface area contributed by atoms with Crippen LogP contribution in [0.3, 0.4) is 0 Å². The van der Waals surface area contributed by atoms with E-state index in [1.165, 1.54) is 31.3 Å². The molecule has 1 amide bonds. The summed E-state index contributed by atoms with van der Waals surface area (Å²) in [6, 6.07) is 18.0. The Labute approximate surface area is 206 Å². The molecule has 4 rings (SSSR count). The van der Waals surface area contributed by atoms with Crippen LogP contribution in [-0.4, -0.2) is 65.5 Å². The van der Waals surface area contributed by atoms with E-state index in [1.54, 1.807) is 6.20 Å². The fourth-order valence-electron chi connectivity index (χ4n) is 4.08. The monoisotopic (exact) mass is 476 g/mol. The smallest absolute Gasteiger partial charge is 0.227 e. The number of hydrogen-bond donors (Lipinski definition) is 2. The highest BCUT2D eigenvalue weighted by Gasteiger charge is 2.17. The number of rotatable bonds is 9. The molecule has 0 aliphatic carbocycles. The lowest BCUT2D eigenvalue weighted by Crippen LogP contribution is -2.46. The molecule has 2 aromatic carbocycles. The van der Waals surface area contributed by atoms with Crippen LogP contribution in [0.5, 0.6) is 0 Å². The third-order valence-electron chi connectivity index (χ3n) is 5.82. The predicted octanol–water partition coefficient (Wildman–Crippen LogP) is 4.72. The van der Waals surface area contributed by atoms with Gasteiger partial charge in [0.1, 0.15) is 0 Å². The van der Waals surface area contributed by atoms with Crippen molar-refractivity contribution in [2.24, 2.45) is 0 Å². The van der Waals surface area contributed by atoms with Crippen LogP contribution in [0.2, 0.25) is 0 Å². The zero-order valence-corrected chi connectivity index (χ0v) is 20.6. The molecule has 1 aromatic heterocycles. The van der Waals surface area contributed by atoms with Gasteiger partial charge >= 0.3 is 0 Å². The molecule has 0 radical (unpaired) electrons. The van der Waals surface area contributed by atoms with Crippen molar-refractivity contribution in [1.82, 2.24) is 14.9 Å². The number of nitrogens with one attached hydrogen (secondary N) is 2. The Balaban J connectivity index is 1.38. The molecule has 34 heavy (non-hydrogen) atoms. The topological polar surface area (TPSA) is 73.4 Å². The summed E-state index contributed by atoms with van der Waals surface area (Å²) in [6.45, 7) is 7.00. The van der Waals surface area contributed by atoms with Gasteiger partial charge < -0.3 is 15.5 Å². The summed E-state index contributed by atoms with van der Waals surface area (Å²) in [4.78, 5) is 25.3. The molecule has 1 aliphatic heterocycles. The highest BCUT2D eigenvalue weighted by atomic mass is 32.2. The molecular weight excluding hydrogens is 444 g/mol. The number of aromatic nitrogens is 2. The second-order valence-electron chi connectivity index (χ2n) is 8.37. The van der Waals surface area contributed by atoms with Gasteiger partial charge in [-0.1, -0.05) is 18.2 Å². The first-order chi connectivity index (χ1) is 16.6. The Kier molecular flexibility index (Phi) is 8.38. The number of piperazine rings is 1. The average molecular weight is 477 g/mol. The lowest BCUT2D eigenvalue weighted by Gasteiger charge is -2.36. The Bertz CT molecular complexity index is 1080. The number of carbonyl (C=O) groups excluding carboxylic acids is 1. The molecular formula is C26H32N6OS. The predicted molar refractivity (Wildman–Crippen MR) is 143 cm³/mol. The fraction of sp³-hybridized carbons (Fsp3) is 0.346. The van der Waals surface area contributed by atoms with Crippen molar-refractivity contribution in [2.75, 3.05) is 60.3 Å². The first-order valence-electron chi connectivity index (χ1n) is 11.6. The zero-order valence-electron chi connectivity index (χ0n) is 19.8. The van der Waals surface area contributed by atoms with Crippen LogP contribution in [0.1, 0.15) is 13.3 Å². The van der Waals surface area contributed by atoms with Crippen LogP contribution in [-0.2, 0) is 4.79 Å². The van der Waals surface area contributed by atoms with Crippen molar-refractivity contribution in [3.8, 4) is 11.3 Å². The summed E-state index contributed by atoms with van der Waals surface area (Å²) < 4.78 is 0. The normalized spacial score (nSPS) is 14.1. The summed E-state index contributed by atoms with van der Waals surface area (Å²) in [5.41, 5.74) is 4.74. The Morgan fingerprint density at radius 2 is 1.82 bits per heavy atom. The number of thioether (sulfide) groups is 1. The molecule has 1 saturated heterocycles. The minimum atomic E-state index is -0.0865. The molecule has 1 fully saturated rings. The summed E-state index contributed by atoms with van der Waals surface area (Å²) in [5.74, 6) is 1.70. The van der Waals surface area contributed by atoms with E-state index in [-0.39, 0.29) is 5.91 Å². The van der Waals surface area contributed by atoms with E-state index in [0.717, 1.165) is 48.8 Å². The second kappa shape index (κ2) is 11.9. The largest absolute Gasteiger partial charge is 0.369 e. The van der Waals surface area contributed by atoms with Crippen molar-refractivity contribution in [3.05, 3.63) is 60.8 Å². The summed E-state index contributed by atoms with van der Waals surface area (Å²) in [6.07, 6.45) is 5.19. The van der Waals surface area contributed by atoms with Crippen LogP contribution in [0, 0.1) is 0 Å². The number of nitrogens with zero attached hydrogens (tertiary/aromatic N) is 4. The summed E-state index contributed by atoms with van der Waals surface area (Å²) in [7, 11) is 0. The van der Waals surface area contributed by atoms with Gasteiger partial charge in [-0.3, -0.25) is 9.69 Å². The van der Waals surface area contributed by atoms with Crippen molar-refractivity contribution < 1.29 is 4.79 Å². The summed E-state index contributed by atoms with van der Waals surface area (Å²) in [5, 5.41) is 6.14. The number of anilines is 4. The van der Waals surface area contributed by atoms with E-state index in [9.17, 15) is 4.79 Å². The van der Waals surface area contributed by atoms with Gasteiger partial charge in [-0.15, -0.1) is 0 Å². The zero-order chi connectivity index (χ0) is 23.8. The third-order valence-corrected chi connectivity index (χ3v) is 6.52. The van der Waals surface area contributed by atoms with Crippen LogP contribution in [0.25, 0.3) is 11.3 Å². The van der Waals surface area contributed by atoms with Crippen molar-refractivity contribution in [1.29, 1.82) is 0 Å². The molecule has 0 atom stereocenters. The highest BCUT2D eigenvalue weighted by molar-refractivity contribution is 7.98. The van der Waals surface area contributed by atoms with E-state index in [2.05, 4.69) is 54.9 Å². The molecule has 0 bridgehead atoms. The van der Waals surface area contributed by atoms with Gasteiger partial charge in [0.2, 0.25) is 11.9 Å². The Morgan fingerprint density at radius 3 is 2.56 bits per heavy atom. The molecule has 8 heteroatoms. The molecule has 2 heterocycles. The van der Waals surface area contributed by atoms with Crippen LogP contribution >= 0.6 is 11.8 Å². The number of carbonyl (C=O) groups is 1. The lowest BCUT2D eigenvalue weighted by molar-refractivity contribution is -0.114. The first-order valence-corrected chi connectivity index (χ1v) is 13.0. The number of benzene rings is 2. The maximum absolute atomic E-state index is 11.2. The number of amides is 1. The fourth-order valence-corrected chi connectivity index (χ4v) is 4.50. The lowest BCUT2D eigenvalue weighted by atomic mass is 10.1. The van der Waals surface area contributed by atoms with E-state index < -0.39 is 0 Å². The second-order valence-corrected chi connectivity index (χ2v) is 9.36. The van der Waals surface area contributed by atoms with E-state index >= 15 is 0 Å². The van der Waals surface area contributed by atoms with Crippen molar-refractivity contribution in [3.63, 3.8) is 0 Å². The third kappa shape index (κ3) is 6.71. The molecule has 0 saturated carbocycles. The van der Waals surface area contributed by atoms with Crippen LogP contribution in [0.15, 0.2) is 60.8 Å². The Morgan fingerprint density at radius 1 is 1.03 bits per heavy atom. The molecule has 2 N–H and O–H groups in total. The summed E-state index contributed by atoms with van der Waals surface area (Å²) >= 11 is 1.92. The maximum atomic E-state index is 11.2. The van der Waals surface area contributed by atoms with E-state index in [0.29, 0.717) is 5.95 Å². The maximum Gasteiger partial charge on any atom is 0.227 e. The highest BCUT2D eigenvalue weighted by Crippen LogP contribution is 2.24. The minimum Gasteiger partial charge on any atom is -0.369 e. The van der Waals surface area contributed by atoms with Crippen molar-refractivity contribution >= 4 is 40.7 Å². The first kappa shape index (κ1) is 24.0. The van der Waals surface area contributed by atoms with Gasteiger partial charge in [-0.25, -0.2) is 9.97 Å². The Hall–Kier alpha value is -3.10. The van der Waals surface area contributed by atoms with Gasteiger partial charge in [0.25, 0.3) is 0 Å². The molecule has 0 spiro atoms. The van der Waals surface area contributed by atoms with Crippen molar-refractivity contribution in [2.45, 2.75) is 13.3 Å². The van der Waals surface area contributed by atoms with Crippen LogP contribution < -0.4 is 15.5 Å². The molecule has 7 nitrogen and oxygen atoms in total.